The fourth-order valence-corrected chi connectivity index (χ4v) is 4.40. The number of amides is 2. The minimum Gasteiger partial charge on any atom is -0.398 e. The van der Waals surface area contributed by atoms with Crippen molar-refractivity contribution >= 4 is 34.9 Å². The molecule has 5 N–H and O–H groups in total. The van der Waals surface area contributed by atoms with Gasteiger partial charge >= 0.3 is 0 Å². The van der Waals surface area contributed by atoms with E-state index in [0.29, 0.717) is 46.6 Å². The minimum absolute atomic E-state index is 0.106. The summed E-state index contributed by atoms with van der Waals surface area (Å²) in [6.07, 6.45) is 1.27. The van der Waals surface area contributed by atoms with Crippen molar-refractivity contribution in [2.24, 2.45) is 7.05 Å². The zero-order valence-corrected chi connectivity index (χ0v) is 21.0. The maximum atomic E-state index is 12.8. The molecule has 34 heavy (non-hydrogen) atoms. The maximum Gasteiger partial charge on any atom is 0.270 e. The van der Waals surface area contributed by atoms with Gasteiger partial charge in [-0.05, 0) is 36.1 Å². The van der Waals surface area contributed by atoms with Crippen LogP contribution in [0, 0.1) is 12.3 Å². The van der Waals surface area contributed by atoms with Gasteiger partial charge in [-0.1, -0.05) is 39.0 Å². The third kappa shape index (κ3) is 5.09. The molecule has 0 unspecified atom stereocenters. The van der Waals surface area contributed by atoms with E-state index in [0.717, 1.165) is 5.56 Å². The van der Waals surface area contributed by atoms with Crippen molar-refractivity contribution in [1.82, 2.24) is 25.1 Å². The molecule has 3 rings (SSSR count). The van der Waals surface area contributed by atoms with E-state index in [1.54, 1.807) is 29.5 Å². The first kappa shape index (κ1) is 25.3. The summed E-state index contributed by atoms with van der Waals surface area (Å²) in [5.41, 5.74) is 8.84. The van der Waals surface area contributed by atoms with Crippen molar-refractivity contribution in [3.05, 3.63) is 58.1 Å². The molecule has 0 spiro atoms. The molecule has 1 aromatic heterocycles. The molecule has 10 heteroatoms. The molecule has 1 aliphatic rings. The first-order valence-electron chi connectivity index (χ1n) is 11.0. The molecule has 2 amide bonds. The fraction of sp³-hybridized carbons (Fsp3) is 0.417. The monoisotopic (exact) mass is 485 g/mol. The number of carbonyl (C=O) groups is 2. The van der Waals surface area contributed by atoms with Gasteiger partial charge < -0.3 is 25.8 Å². The molecular weight excluding hydrogens is 454 g/mol. The van der Waals surface area contributed by atoms with Crippen LogP contribution >= 0.6 is 11.6 Å². The Morgan fingerprint density at radius 3 is 2.59 bits per heavy atom. The smallest absolute Gasteiger partial charge is 0.270 e. The number of amidine groups is 1. The Morgan fingerprint density at radius 1 is 1.35 bits per heavy atom. The molecule has 1 aromatic carbocycles. The van der Waals surface area contributed by atoms with Crippen LogP contribution in [0.4, 0.5) is 5.69 Å². The first-order chi connectivity index (χ1) is 15.8. The molecule has 2 aromatic rings. The van der Waals surface area contributed by atoms with Crippen molar-refractivity contribution in [3.63, 3.8) is 0 Å². The maximum absolute atomic E-state index is 12.8. The Bertz CT molecular complexity index is 1160. The highest BCUT2D eigenvalue weighted by Crippen LogP contribution is 2.33. The normalized spacial score (nSPS) is 13.9. The predicted molar refractivity (Wildman–Crippen MR) is 134 cm³/mol. The summed E-state index contributed by atoms with van der Waals surface area (Å²) in [4.78, 5) is 30.5. The summed E-state index contributed by atoms with van der Waals surface area (Å²) in [7, 11) is 1.76. The van der Waals surface area contributed by atoms with Crippen molar-refractivity contribution in [3.8, 4) is 0 Å². The Morgan fingerprint density at radius 2 is 2.00 bits per heavy atom. The number of nitrogens with zero attached hydrogens (tertiary/aromatic N) is 3. The van der Waals surface area contributed by atoms with Crippen molar-refractivity contribution in [1.29, 1.82) is 5.41 Å². The second-order valence-corrected chi connectivity index (χ2v) is 9.94. The van der Waals surface area contributed by atoms with Crippen molar-refractivity contribution in [2.75, 3.05) is 18.8 Å². The quantitative estimate of drug-likeness (QED) is 0.216. The number of hydrogen-bond donors (Lipinski definition) is 4. The van der Waals surface area contributed by atoms with Gasteiger partial charge in [-0.2, -0.15) is 0 Å². The molecular formula is C24H32ClN7O2. The van der Waals surface area contributed by atoms with Gasteiger partial charge in [-0.25, -0.2) is 4.98 Å². The summed E-state index contributed by atoms with van der Waals surface area (Å²) in [5, 5.41) is 15.1. The van der Waals surface area contributed by atoms with Crippen LogP contribution in [0.3, 0.4) is 0 Å². The summed E-state index contributed by atoms with van der Waals surface area (Å²) >= 11 is 6.37. The standard InChI is InChI=1S/C24H32ClN7O2/c1-7-20(33)32-11-14(12-32)30-23(34)21-13(2)29-19(31(21)6)10-28-22(27)15-8-16(24(3,4)5)17(25)9-18(15)26/h7-9,14H,1,10-12,26H2,2-6H3,(H2,27,28)(H,30,34). The van der Waals surface area contributed by atoms with E-state index in [4.69, 9.17) is 22.7 Å². The van der Waals surface area contributed by atoms with E-state index in [1.165, 1.54) is 6.08 Å². The molecule has 9 nitrogen and oxygen atoms in total. The van der Waals surface area contributed by atoms with E-state index in [1.807, 2.05) is 26.8 Å². The Kier molecular flexibility index (Phi) is 7.07. The molecule has 1 saturated heterocycles. The lowest BCUT2D eigenvalue weighted by atomic mass is 9.85. The number of aryl methyl sites for hydroxylation is 1. The largest absolute Gasteiger partial charge is 0.398 e. The Hall–Kier alpha value is -3.33. The van der Waals surface area contributed by atoms with Gasteiger partial charge in [0, 0.05) is 36.4 Å². The number of aromatic nitrogens is 2. The topological polar surface area (TPSA) is 129 Å². The fourth-order valence-electron chi connectivity index (χ4n) is 3.94. The molecule has 2 heterocycles. The number of anilines is 1. The summed E-state index contributed by atoms with van der Waals surface area (Å²) < 4.78 is 1.71. The molecule has 0 saturated carbocycles. The van der Waals surface area contributed by atoms with Crippen LogP contribution in [0.25, 0.3) is 0 Å². The van der Waals surface area contributed by atoms with Crippen LogP contribution < -0.4 is 16.4 Å². The number of nitrogens with one attached hydrogen (secondary N) is 3. The molecule has 0 aliphatic carbocycles. The lowest BCUT2D eigenvalue weighted by molar-refractivity contribution is -0.130. The zero-order valence-electron chi connectivity index (χ0n) is 20.3. The average Bonchev–Trinajstić information content (AvgIpc) is 3.00. The summed E-state index contributed by atoms with van der Waals surface area (Å²) in [5.74, 6) is 0.357. The van der Waals surface area contributed by atoms with Gasteiger partial charge in [0.25, 0.3) is 5.91 Å². The van der Waals surface area contributed by atoms with Crippen LogP contribution in [0.2, 0.25) is 5.02 Å². The molecule has 182 valence electrons. The van der Waals surface area contributed by atoms with Crippen molar-refractivity contribution in [2.45, 2.75) is 45.7 Å². The van der Waals surface area contributed by atoms with Gasteiger partial charge in [0.05, 0.1) is 18.3 Å². The van der Waals surface area contributed by atoms with E-state index < -0.39 is 0 Å². The number of rotatable bonds is 6. The summed E-state index contributed by atoms with van der Waals surface area (Å²) in [6, 6.07) is 3.41. The van der Waals surface area contributed by atoms with E-state index in [-0.39, 0.29) is 35.7 Å². The van der Waals surface area contributed by atoms with Crippen LogP contribution in [0.1, 0.15) is 53.9 Å². The lowest BCUT2D eigenvalue weighted by Crippen LogP contribution is -2.60. The predicted octanol–water partition coefficient (Wildman–Crippen LogP) is 2.50. The van der Waals surface area contributed by atoms with E-state index in [9.17, 15) is 9.59 Å². The van der Waals surface area contributed by atoms with E-state index in [2.05, 4.69) is 22.2 Å². The number of carbonyl (C=O) groups excluding carboxylic acids is 2. The zero-order chi connectivity index (χ0) is 25.4. The number of halogens is 1. The third-order valence-corrected chi connectivity index (χ3v) is 6.23. The third-order valence-electron chi connectivity index (χ3n) is 5.92. The van der Waals surface area contributed by atoms with Gasteiger partial charge in [0.2, 0.25) is 5.91 Å². The Balaban J connectivity index is 1.68. The average molecular weight is 486 g/mol. The number of benzene rings is 1. The second kappa shape index (κ2) is 9.50. The number of hydrogen-bond acceptors (Lipinski definition) is 5. The highest BCUT2D eigenvalue weighted by atomic mass is 35.5. The van der Waals surface area contributed by atoms with Gasteiger partial charge in [-0.15, -0.1) is 0 Å². The van der Waals surface area contributed by atoms with Crippen molar-refractivity contribution < 1.29 is 9.59 Å². The van der Waals surface area contributed by atoms with E-state index >= 15 is 0 Å². The highest BCUT2D eigenvalue weighted by Gasteiger charge is 2.32. The summed E-state index contributed by atoms with van der Waals surface area (Å²) in [6.45, 7) is 12.5. The van der Waals surface area contributed by atoms with Gasteiger partial charge in [0.15, 0.2) is 0 Å². The molecule has 1 fully saturated rings. The lowest BCUT2D eigenvalue weighted by Gasteiger charge is -2.38. The Labute approximate surface area is 204 Å². The molecule has 0 bridgehead atoms. The van der Waals surface area contributed by atoms with Crippen LogP contribution in [0.5, 0.6) is 0 Å². The number of imidazole rings is 1. The first-order valence-corrected chi connectivity index (χ1v) is 11.4. The highest BCUT2D eigenvalue weighted by molar-refractivity contribution is 6.32. The van der Waals surface area contributed by atoms with Gasteiger partial charge in [-0.3, -0.25) is 15.0 Å². The second-order valence-electron chi connectivity index (χ2n) is 9.54. The van der Waals surface area contributed by atoms with Crippen LogP contribution in [-0.4, -0.2) is 51.2 Å². The molecule has 0 radical (unpaired) electrons. The number of nitrogen functional groups attached to an aromatic ring is 1. The van der Waals surface area contributed by atoms with Gasteiger partial charge in [0.1, 0.15) is 17.4 Å². The number of likely N-dealkylation sites (tertiary alicyclic amines) is 1. The molecule has 1 aliphatic heterocycles. The minimum atomic E-state index is -0.249. The number of nitrogens with two attached hydrogens (primary N) is 1. The molecule has 0 atom stereocenters. The van der Waals surface area contributed by atoms with Crippen LogP contribution in [0.15, 0.2) is 24.8 Å². The van der Waals surface area contributed by atoms with Crippen LogP contribution in [-0.2, 0) is 23.8 Å². The SMILES string of the molecule is C=CC(=O)N1CC(NC(=O)c2c(C)nc(CNC(=N)c3cc(C(C)(C)C)c(Cl)cc3N)n2C)C1.